The van der Waals surface area contributed by atoms with Gasteiger partial charge in [0.1, 0.15) is 5.78 Å². The molecule has 4 rings (SSSR count). The van der Waals surface area contributed by atoms with Crippen LogP contribution in [-0.2, 0) is 25.7 Å². The number of carboxylic acids is 2. The quantitative estimate of drug-likeness (QED) is 0.655. The molecule has 0 radical (unpaired) electrons. The second-order valence-electron chi connectivity index (χ2n) is 7.85. The molecule has 0 aromatic heterocycles. The lowest BCUT2D eigenvalue weighted by Crippen LogP contribution is -2.43. The van der Waals surface area contributed by atoms with Crippen LogP contribution < -0.4 is 0 Å². The third kappa shape index (κ3) is 5.43. The van der Waals surface area contributed by atoms with Crippen LogP contribution >= 0.6 is 15.9 Å². The number of aliphatic carboxylic acids is 2. The van der Waals surface area contributed by atoms with E-state index < -0.39 is 11.9 Å². The van der Waals surface area contributed by atoms with Crippen LogP contribution in [0.2, 0.25) is 0 Å². The number of halogens is 1. The first-order valence-corrected chi connectivity index (χ1v) is 10.7. The monoisotopic (exact) mass is 467 g/mol. The van der Waals surface area contributed by atoms with Crippen LogP contribution in [0.3, 0.4) is 0 Å². The molecular weight excluding hydrogens is 442 g/mol. The maximum absolute atomic E-state index is 12.3. The standard InChI is InChI=1S/C19H24BrNO2.C2H2O4/c20-14-6-4-13(5-7-14)12-23-18-11-15-17(22)10-16(18)19(15)21-8-2-1-3-9-21;3-1(4)2(5)6/h4-7,15-16,18-19H,1-3,8-12H2;(H,3,4)(H,5,6)/t15-,16?,18?,19?;/m0./s1. The van der Waals surface area contributed by atoms with Crippen LogP contribution in [0.15, 0.2) is 28.7 Å². The molecule has 1 saturated heterocycles. The lowest BCUT2D eigenvalue weighted by atomic mass is 9.96. The topological polar surface area (TPSA) is 104 Å². The van der Waals surface area contributed by atoms with Gasteiger partial charge in [0.25, 0.3) is 0 Å². The summed E-state index contributed by atoms with van der Waals surface area (Å²) in [5.41, 5.74) is 1.21. The smallest absolute Gasteiger partial charge is 0.414 e. The summed E-state index contributed by atoms with van der Waals surface area (Å²) >= 11 is 3.46. The molecule has 2 N–H and O–H groups in total. The minimum atomic E-state index is -1.82. The van der Waals surface area contributed by atoms with Gasteiger partial charge >= 0.3 is 11.9 Å². The number of nitrogens with zero attached hydrogens (tertiary/aromatic N) is 1. The maximum Gasteiger partial charge on any atom is 0.414 e. The van der Waals surface area contributed by atoms with Crippen molar-refractivity contribution in [1.82, 2.24) is 4.90 Å². The third-order valence-corrected chi connectivity index (χ3v) is 6.57. The molecule has 4 atom stereocenters. The van der Waals surface area contributed by atoms with E-state index in [1.165, 1.54) is 37.9 Å². The Morgan fingerprint density at radius 2 is 1.69 bits per heavy atom. The Balaban J connectivity index is 0.000000353. The van der Waals surface area contributed by atoms with E-state index in [-0.39, 0.29) is 12.0 Å². The fourth-order valence-electron chi connectivity index (χ4n) is 4.76. The van der Waals surface area contributed by atoms with Gasteiger partial charge in [0.2, 0.25) is 0 Å². The summed E-state index contributed by atoms with van der Waals surface area (Å²) in [4.78, 5) is 33.0. The van der Waals surface area contributed by atoms with Crippen molar-refractivity contribution in [2.24, 2.45) is 11.8 Å². The summed E-state index contributed by atoms with van der Waals surface area (Å²) < 4.78 is 7.33. The number of piperidine rings is 1. The molecule has 2 saturated carbocycles. The fourth-order valence-corrected chi connectivity index (χ4v) is 5.02. The van der Waals surface area contributed by atoms with Gasteiger partial charge < -0.3 is 14.9 Å². The molecule has 2 aliphatic carbocycles. The van der Waals surface area contributed by atoms with E-state index >= 15 is 0 Å². The average Bonchev–Trinajstić information content (AvgIpc) is 3.22. The van der Waals surface area contributed by atoms with Gasteiger partial charge in [0, 0.05) is 28.8 Å². The number of carboxylic acid groups (broad SMARTS) is 2. The Bertz CT molecular complexity index is 734. The van der Waals surface area contributed by atoms with Gasteiger partial charge in [0.15, 0.2) is 0 Å². The Morgan fingerprint density at radius 3 is 2.28 bits per heavy atom. The minimum absolute atomic E-state index is 0.230. The highest BCUT2D eigenvalue weighted by Crippen LogP contribution is 2.47. The molecule has 158 valence electrons. The highest BCUT2D eigenvalue weighted by Gasteiger charge is 2.55. The van der Waals surface area contributed by atoms with Crippen molar-refractivity contribution >= 4 is 33.7 Å². The van der Waals surface area contributed by atoms with Gasteiger partial charge in [0.05, 0.1) is 12.7 Å². The molecule has 3 aliphatic rings. The number of hydrogen-bond acceptors (Lipinski definition) is 5. The van der Waals surface area contributed by atoms with E-state index in [9.17, 15) is 4.79 Å². The lowest BCUT2D eigenvalue weighted by Gasteiger charge is -2.35. The number of likely N-dealkylation sites (tertiary alicyclic amines) is 1. The first-order chi connectivity index (χ1) is 13.9. The van der Waals surface area contributed by atoms with Crippen molar-refractivity contribution in [3.63, 3.8) is 0 Å². The average molecular weight is 468 g/mol. The summed E-state index contributed by atoms with van der Waals surface area (Å²) in [7, 11) is 0. The van der Waals surface area contributed by atoms with Crippen molar-refractivity contribution in [3.05, 3.63) is 34.3 Å². The number of fused-ring (bicyclic) bond motifs is 2. The molecule has 1 aliphatic heterocycles. The van der Waals surface area contributed by atoms with Gasteiger partial charge in [-0.25, -0.2) is 9.59 Å². The van der Waals surface area contributed by atoms with Crippen LogP contribution in [0.1, 0.15) is 37.7 Å². The normalized spacial score (nSPS) is 28.7. The summed E-state index contributed by atoms with van der Waals surface area (Å²) in [6, 6.07) is 8.77. The SMILES string of the molecule is O=C(O)C(=O)O.O=C1CC2C(OCc3ccc(Br)cc3)C[C@@H]1C2N1CCCCC1. The number of benzene rings is 1. The largest absolute Gasteiger partial charge is 0.473 e. The Labute approximate surface area is 178 Å². The molecule has 0 spiro atoms. The minimum Gasteiger partial charge on any atom is -0.473 e. The van der Waals surface area contributed by atoms with E-state index in [4.69, 9.17) is 24.5 Å². The maximum atomic E-state index is 12.3. The van der Waals surface area contributed by atoms with Crippen LogP contribution in [0.25, 0.3) is 0 Å². The fraction of sp³-hybridized carbons (Fsp3) is 0.571. The van der Waals surface area contributed by atoms with Gasteiger partial charge in [-0.1, -0.05) is 34.5 Å². The van der Waals surface area contributed by atoms with Crippen LogP contribution in [0.4, 0.5) is 0 Å². The summed E-state index contributed by atoms with van der Waals surface area (Å²) in [5, 5.41) is 14.8. The zero-order valence-electron chi connectivity index (χ0n) is 16.1. The van der Waals surface area contributed by atoms with Crippen molar-refractivity contribution in [2.75, 3.05) is 13.1 Å². The Morgan fingerprint density at radius 1 is 1.07 bits per heavy atom. The van der Waals surface area contributed by atoms with Gasteiger partial charge in [-0.15, -0.1) is 0 Å². The van der Waals surface area contributed by atoms with E-state index in [1.807, 2.05) is 0 Å². The number of carbonyl (C=O) groups is 3. The first-order valence-electron chi connectivity index (χ1n) is 9.96. The van der Waals surface area contributed by atoms with Gasteiger partial charge in [-0.2, -0.15) is 0 Å². The number of ether oxygens (including phenoxy) is 1. The Kier molecular flexibility index (Phi) is 7.43. The predicted octanol–water partition coefficient (Wildman–Crippen LogP) is 2.95. The third-order valence-electron chi connectivity index (χ3n) is 6.04. The summed E-state index contributed by atoms with van der Waals surface area (Å²) in [6.45, 7) is 3.00. The van der Waals surface area contributed by atoms with E-state index in [0.717, 1.165) is 17.3 Å². The molecule has 8 heteroatoms. The molecule has 1 aromatic rings. The molecule has 2 bridgehead atoms. The molecule has 7 nitrogen and oxygen atoms in total. The highest BCUT2D eigenvalue weighted by molar-refractivity contribution is 9.10. The van der Waals surface area contributed by atoms with Crippen LogP contribution in [0.5, 0.6) is 0 Å². The highest BCUT2D eigenvalue weighted by atomic mass is 79.9. The number of ketones is 1. The van der Waals surface area contributed by atoms with E-state index in [2.05, 4.69) is 45.1 Å². The summed E-state index contributed by atoms with van der Waals surface area (Å²) in [5.74, 6) is -2.52. The molecule has 1 heterocycles. The van der Waals surface area contributed by atoms with Gasteiger partial charge in [-0.3, -0.25) is 9.69 Å². The second-order valence-corrected chi connectivity index (χ2v) is 8.77. The van der Waals surface area contributed by atoms with Crippen molar-refractivity contribution < 1.29 is 29.3 Å². The van der Waals surface area contributed by atoms with Crippen LogP contribution in [0, 0.1) is 11.8 Å². The van der Waals surface area contributed by atoms with E-state index in [1.54, 1.807) is 0 Å². The number of hydrogen-bond donors (Lipinski definition) is 2. The molecule has 0 amide bonds. The summed E-state index contributed by atoms with van der Waals surface area (Å²) in [6.07, 6.45) is 5.84. The van der Waals surface area contributed by atoms with Crippen LogP contribution in [-0.4, -0.2) is 58.1 Å². The Hall–Kier alpha value is -1.77. The zero-order valence-corrected chi connectivity index (χ0v) is 17.7. The molecule has 3 fully saturated rings. The van der Waals surface area contributed by atoms with Crippen molar-refractivity contribution in [2.45, 2.75) is 50.9 Å². The number of carbonyl (C=O) groups excluding carboxylic acids is 1. The van der Waals surface area contributed by atoms with Crippen molar-refractivity contribution in [1.29, 1.82) is 0 Å². The number of rotatable bonds is 4. The predicted molar refractivity (Wildman–Crippen MR) is 108 cm³/mol. The van der Waals surface area contributed by atoms with Crippen molar-refractivity contribution in [3.8, 4) is 0 Å². The first kappa shape index (κ1) is 21.9. The molecule has 1 aromatic carbocycles. The molecule has 29 heavy (non-hydrogen) atoms. The van der Waals surface area contributed by atoms with E-state index in [0.29, 0.717) is 24.3 Å². The zero-order chi connectivity index (χ0) is 21.0. The van der Waals surface area contributed by atoms with Gasteiger partial charge in [-0.05, 0) is 50.0 Å². The second kappa shape index (κ2) is 9.82. The number of Topliss-reactive ketones (excluding diaryl/α,β-unsaturated/α-hetero) is 1. The molecule has 3 unspecified atom stereocenters. The lowest BCUT2D eigenvalue weighted by molar-refractivity contribution is -0.159. The molecular formula is C21H26BrNO6.